The summed E-state index contributed by atoms with van der Waals surface area (Å²) in [7, 11) is -9.92. The monoisotopic (exact) mass is 1480 g/mol. The second kappa shape index (κ2) is 71.0. The number of aliphatic hydroxyl groups is 1. The summed E-state index contributed by atoms with van der Waals surface area (Å²) in [5, 5.41) is 10.6. The van der Waals surface area contributed by atoms with E-state index in [1.807, 2.05) is 0 Å². The van der Waals surface area contributed by atoms with Gasteiger partial charge in [0.25, 0.3) is 0 Å². The zero-order valence-electron chi connectivity index (χ0n) is 66.5. The lowest BCUT2D eigenvalue weighted by molar-refractivity contribution is -0.161. The van der Waals surface area contributed by atoms with E-state index in [0.717, 1.165) is 120 Å². The Labute approximate surface area is 619 Å². The number of rotatable bonds is 79. The number of phosphoric ester groups is 2. The Morgan fingerprint density at radius 2 is 0.475 bits per heavy atom. The maximum Gasteiger partial charge on any atom is 0.472 e. The lowest BCUT2D eigenvalue weighted by Gasteiger charge is -2.21. The average Bonchev–Trinajstić information content (AvgIpc) is 0.938. The summed E-state index contributed by atoms with van der Waals surface area (Å²) in [6, 6.07) is 0. The summed E-state index contributed by atoms with van der Waals surface area (Å²) in [4.78, 5) is 73.1. The van der Waals surface area contributed by atoms with Crippen LogP contribution in [0.15, 0.2) is 0 Å². The van der Waals surface area contributed by atoms with Gasteiger partial charge in [0.1, 0.15) is 19.3 Å². The van der Waals surface area contributed by atoms with Crippen LogP contribution < -0.4 is 0 Å². The van der Waals surface area contributed by atoms with Gasteiger partial charge in [-0.25, -0.2) is 9.13 Å². The van der Waals surface area contributed by atoms with E-state index in [9.17, 15) is 43.2 Å². The molecular weight excluding hydrogens is 1320 g/mol. The number of unbranched alkanes of at least 4 members (excludes halogenated alkanes) is 43. The van der Waals surface area contributed by atoms with E-state index >= 15 is 0 Å². The van der Waals surface area contributed by atoms with E-state index in [1.54, 1.807) is 0 Å². The Kier molecular flexibility index (Phi) is 69.6. The molecule has 0 saturated carbocycles. The summed E-state index contributed by atoms with van der Waals surface area (Å²) in [5.41, 5.74) is 0. The molecule has 0 saturated heterocycles. The summed E-state index contributed by atoms with van der Waals surface area (Å²) < 4.78 is 68.7. The third-order valence-electron chi connectivity index (χ3n) is 19.8. The highest BCUT2D eigenvalue weighted by Gasteiger charge is 2.30. The molecule has 4 unspecified atom stereocenters. The summed E-state index contributed by atoms with van der Waals surface area (Å²) in [6.07, 6.45) is 58.3. The highest BCUT2D eigenvalue weighted by molar-refractivity contribution is 7.47. The number of hydrogen-bond acceptors (Lipinski definition) is 15. The number of aliphatic hydroxyl groups excluding tert-OH is 1. The number of carbonyl (C=O) groups is 4. The van der Waals surface area contributed by atoms with Gasteiger partial charge in [0, 0.05) is 25.7 Å². The fourth-order valence-electron chi connectivity index (χ4n) is 12.5. The van der Waals surface area contributed by atoms with E-state index in [2.05, 4.69) is 55.4 Å². The van der Waals surface area contributed by atoms with Crippen LogP contribution in [0.3, 0.4) is 0 Å². The SMILES string of the molecule is CCC(C)CCCCCCCCCCCCC(=O)OC[C@H](COP(=O)(O)OC[C@@H](O)COP(=O)(O)OC[C@@H](COC(=O)CCCCCCCCC(C)CC)OC(=O)CCCCCCCCCCCCCCCCCCCCC(C)C)OC(=O)CCCCCCCCCCCCCCCC(C)C. The fraction of sp³-hybridized carbons (Fsp3) is 0.951. The number of carbonyl (C=O) groups excluding carboxylic acids is 4. The lowest BCUT2D eigenvalue weighted by Crippen LogP contribution is -2.30. The maximum atomic E-state index is 13.1. The number of hydrogen-bond donors (Lipinski definition) is 3. The van der Waals surface area contributed by atoms with E-state index in [-0.39, 0.29) is 25.7 Å². The second-order valence-corrected chi connectivity index (χ2v) is 33.9. The molecule has 0 aromatic rings. The van der Waals surface area contributed by atoms with Gasteiger partial charge in [-0.15, -0.1) is 0 Å². The van der Waals surface area contributed by atoms with Crippen LogP contribution in [0.2, 0.25) is 0 Å². The summed E-state index contributed by atoms with van der Waals surface area (Å²) in [5.74, 6) is 1.03. The maximum absolute atomic E-state index is 13.1. The Bertz CT molecular complexity index is 1980. The van der Waals surface area contributed by atoms with Gasteiger partial charge in [-0.05, 0) is 49.4 Å². The Hall–Kier alpha value is -1.94. The van der Waals surface area contributed by atoms with Crippen molar-refractivity contribution in [2.24, 2.45) is 23.7 Å². The van der Waals surface area contributed by atoms with Gasteiger partial charge >= 0.3 is 39.5 Å². The third kappa shape index (κ3) is 73.4. The van der Waals surface area contributed by atoms with Crippen LogP contribution in [0.25, 0.3) is 0 Å². The summed E-state index contributed by atoms with van der Waals surface area (Å²) in [6.45, 7) is 14.3. The molecule has 0 fully saturated rings. The highest BCUT2D eigenvalue weighted by Crippen LogP contribution is 2.45. The molecule has 0 aliphatic heterocycles. The lowest BCUT2D eigenvalue weighted by atomic mass is 9.99. The fourth-order valence-corrected chi connectivity index (χ4v) is 14.1. The van der Waals surface area contributed by atoms with Gasteiger partial charge in [0.05, 0.1) is 26.4 Å². The molecule has 0 amide bonds. The first-order valence-corrected chi connectivity index (χ1v) is 45.3. The van der Waals surface area contributed by atoms with Crippen molar-refractivity contribution >= 4 is 39.5 Å². The predicted octanol–water partition coefficient (Wildman–Crippen LogP) is 24.4. The molecule has 0 aliphatic carbocycles. The van der Waals surface area contributed by atoms with Gasteiger partial charge in [-0.2, -0.15) is 0 Å². The van der Waals surface area contributed by atoms with Gasteiger partial charge in [-0.3, -0.25) is 37.3 Å². The van der Waals surface area contributed by atoms with Crippen molar-refractivity contribution < 1.29 is 80.2 Å². The van der Waals surface area contributed by atoms with Gasteiger partial charge in [-0.1, -0.05) is 370 Å². The second-order valence-electron chi connectivity index (χ2n) is 31.0. The minimum absolute atomic E-state index is 0.107. The van der Waals surface area contributed by atoms with Crippen molar-refractivity contribution in [1.29, 1.82) is 0 Å². The van der Waals surface area contributed by atoms with Crippen molar-refractivity contribution in [2.75, 3.05) is 39.6 Å². The van der Waals surface area contributed by atoms with Crippen molar-refractivity contribution in [3.8, 4) is 0 Å². The number of phosphoric acid groups is 2. The molecule has 0 bridgehead atoms. The molecule has 0 spiro atoms. The van der Waals surface area contributed by atoms with Crippen LogP contribution >= 0.6 is 15.6 Å². The van der Waals surface area contributed by atoms with Crippen LogP contribution in [-0.4, -0.2) is 96.7 Å². The Morgan fingerprint density at radius 1 is 0.277 bits per heavy atom. The molecule has 0 aromatic heterocycles. The first-order chi connectivity index (χ1) is 48.7. The van der Waals surface area contributed by atoms with E-state index in [4.69, 9.17) is 37.0 Å². The molecule has 600 valence electrons. The van der Waals surface area contributed by atoms with Crippen LogP contribution in [0.4, 0.5) is 0 Å². The largest absolute Gasteiger partial charge is 0.472 e. The van der Waals surface area contributed by atoms with Crippen molar-refractivity contribution in [3.63, 3.8) is 0 Å². The van der Waals surface area contributed by atoms with E-state index in [1.165, 1.54) is 218 Å². The highest BCUT2D eigenvalue weighted by atomic mass is 31.2. The minimum Gasteiger partial charge on any atom is -0.462 e. The Balaban J connectivity index is 5.22. The Morgan fingerprint density at radius 3 is 0.703 bits per heavy atom. The smallest absolute Gasteiger partial charge is 0.462 e. The van der Waals surface area contributed by atoms with E-state index in [0.29, 0.717) is 25.7 Å². The molecule has 101 heavy (non-hydrogen) atoms. The molecule has 0 rings (SSSR count). The summed E-state index contributed by atoms with van der Waals surface area (Å²) >= 11 is 0. The molecular formula is C82H160O17P2. The van der Waals surface area contributed by atoms with Crippen LogP contribution in [0.1, 0.15) is 421 Å². The van der Waals surface area contributed by atoms with Gasteiger partial charge in [0.2, 0.25) is 0 Å². The zero-order valence-corrected chi connectivity index (χ0v) is 68.3. The van der Waals surface area contributed by atoms with Crippen LogP contribution in [-0.2, 0) is 65.4 Å². The first-order valence-electron chi connectivity index (χ1n) is 42.3. The van der Waals surface area contributed by atoms with Crippen molar-refractivity contribution in [3.05, 3.63) is 0 Å². The molecule has 3 N–H and O–H groups in total. The van der Waals surface area contributed by atoms with Gasteiger partial charge in [0.15, 0.2) is 12.2 Å². The normalized spacial score (nSPS) is 14.5. The third-order valence-corrected chi connectivity index (χ3v) is 21.7. The predicted molar refractivity (Wildman–Crippen MR) is 414 cm³/mol. The first kappa shape index (κ1) is 99.1. The molecule has 0 heterocycles. The quantitative estimate of drug-likeness (QED) is 0.0222. The molecule has 0 radical (unpaired) electrons. The average molecular weight is 1480 g/mol. The number of esters is 4. The zero-order chi connectivity index (χ0) is 74.6. The topological polar surface area (TPSA) is 237 Å². The standard InChI is InChI=1S/C82H160O17P2/c1-9-74(7)60-52-44-36-30-26-27-31-37-46-54-62-79(84)92-68-77(98-81(86)65-57-49-39-33-25-21-17-19-23-29-35-43-51-59-73(5)6)70-96-100(88,89)94-66-76(83)67-95-101(90,91)97-71-78(69-93-80(85)63-55-47-41-40-45-53-61-75(8)10-2)99-82(87)64-56-48-38-32-24-20-16-14-12-11-13-15-18-22-28-34-42-50-58-72(3)4/h72-78,83H,9-71H2,1-8H3,(H,88,89)(H,90,91)/t74?,75?,76-,77-,78-/m1/s1. The van der Waals surface area contributed by atoms with Gasteiger partial charge < -0.3 is 33.8 Å². The molecule has 17 nitrogen and oxygen atoms in total. The van der Waals surface area contributed by atoms with Crippen LogP contribution in [0.5, 0.6) is 0 Å². The minimum atomic E-state index is -4.96. The van der Waals surface area contributed by atoms with Crippen LogP contribution in [0, 0.1) is 23.7 Å². The number of ether oxygens (including phenoxy) is 4. The van der Waals surface area contributed by atoms with Crippen molar-refractivity contribution in [2.45, 2.75) is 440 Å². The van der Waals surface area contributed by atoms with Crippen molar-refractivity contribution in [1.82, 2.24) is 0 Å². The van der Waals surface area contributed by atoms with E-state index < -0.39 is 97.5 Å². The molecule has 0 aromatic carbocycles. The molecule has 19 heteroatoms. The molecule has 7 atom stereocenters. The molecule has 0 aliphatic rings.